The van der Waals surface area contributed by atoms with E-state index in [1.165, 1.54) is 0 Å². The van der Waals surface area contributed by atoms with Gasteiger partial charge in [0, 0.05) is 23.1 Å². The number of aromatic nitrogens is 1. The van der Waals surface area contributed by atoms with Gasteiger partial charge in [0.15, 0.2) is 0 Å². The Morgan fingerprint density at radius 1 is 1.00 bits per heavy atom. The van der Waals surface area contributed by atoms with Crippen molar-refractivity contribution in [3.8, 4) is 22.8 Å². The number of nitrogens with zero attached hydrogens (tertiary/aromatic N) is 2. The summed E-state index contributed by atoms with van der Waals surface area (Å²) in [4.78, 5) is 20.3. The fourth-order valence-corrected chi connectivity index (χ4v) is 4.12. The van der Waals surface area contributed by atoms with Gasteiger partial charge in [0.2, 0.25) is 0 Å². The zero-order chi connectivity index (χ0) is 25.7. The van der Waals surface area contributed by atoms with Crippen LogP contribution < -0.4 is 14.8 Å². The van der Waals surface area contributed by atoms with Crippen molar-refractivity contribution in [1.29, 1.82) is 0 Å². The van der Waals surface area contributed by atoms with Crippen molar-refractivity contribution in [3.05, 3.63) is 89.5 Å². The van der Waals surface area contributed by atoms with E-state index in [4.69, 9.17) is 14.5 Å². The largest absolute Gasteiger partial charge is 0.497 e. The fourth-order valence-electron chi connectivity index (χ4n) is 4.12. The molecule has 1 aromatic heterocycles. The number of rotatable bonds is 9. The van der Waals surface area contributed by atoms with E-state index in [2.05, 4.69) is 16.3 Å². The maximum atomic E-state index is 13.4. The molecule has 0 aliphatic carbocycles. The number of fused-ring (bicyclic) bond motifs is 1. The highest BCUT2D eigenvalue weighted by Gasteiger charge is 2.18. The highest BCUT2D eigenvalue weighted by atomic mass is 16.5. The summed E-state index contributed by atoms with van der Waals surface area (Å²) in [5.74, 6) is 1.32. The summed E-state index contributed by atoms with van der Waals surface area (Å²) in [6.45, 7) is 5.30. The van der Waals surface area contributed by atoms with Gasteiger partial charge in [0.25, 0.3) is 5.91 Å². The molecule has 1 atom stereocenters. The van der Waals surface area contributed by atoms with Crippen molar-refractivity contribution in [1.82, 2.24) is 15.2 Å². The molecule has 36 heavy (non-hydrogen) atoms. The Morgan fingerprint density at radius 3 is 2.58 bits per heavy atom. The van der Waals surface area contributed by atoms with Crippen LogP contribution in [0.15, 0.2) is 72.8 Å². The van der Waals surface area contributed by atoms with Crippen LogP contribution in [0.3, 0.4) is 0 Å². The van der Waals surface area contributed by atoms with Crippen LogP contribution in [0.4, 0.5) is 0 Å². The van der Waals surface area contributed by atoms with Crippen molar-refractivity contribution < 1.29 is 14.3 Å². The fraction of sp³-hybridized carbons (Fsp3) is 0.267. The third-order valence-electron chi connectivity index (χ3n) is 6.19. The average Bonchev–Trinajstić information content (AvgIpc) is 2.88. The lowest BCUT2D eigenvalue weighted by Gasteiger charge is -2.19. The van der Waals surface area contributed by atoms with Crippen LogP contribution in [0.25, 0.3) is 22.2 Å². The van der Waals surface area contributed by atoms with Gasteiger partial charge < -0.3 is 19.7 Å². The van der Waals surface area contributed by atoms with Crippen LogP contribution in [0.5, 0.6) is 11.5 Å². The third kappa shape index (κ3) is 5.83. The van der Waals surface area contributed by atoms with Gasteiger partial charge >= 0.3 is 0 Å². The van der Waals surface area contributed by atoms with Gasteiger partial charge in [-0.05, 0) is 75.5 Å². The van der Waals surface area contributed by atoms with Crippen LogP contribution in [0, 0.1) is 6.92 Å². The lowest BCUT2D eigenvalue weighted by molar-refractivity contribution is 0.0939. The van der Waals surface area contributed by atoms with Gasteiger partial charge in [-0.2, -0.15) is 0 Å². The molecule has 6 heteroatoms. The van der Waals surface area contributed by atoms with Crippen LogP contribution in [-0.4, -0.2) is 50.1 Å². The second-order valence-corrected chi connectivity index (χ2v) is 9.17. The maximum absolute atomic E-state index is 13.4. The molecule has 0 radical (unpaired) electrons. The minimum Gasteiger partial charge on any atom is -0.497 e. The number of para-hydroxylation sites is 1. The SMILES string of the molecule is COc1cccc(-c2cc([C@@H](C)NC(=O)c3cc(OCCN(C)C)ccc3C)c3ccccc3n2)c1. The Kier molecular flexibility index (Phi) is 7.86. The van der Waals surface area contributed by atoms with Crippen LogP contribution in [-0.2, 0) is 0 Å². The molecule has 0 aliphatic heterocycles. The number of ether oxygens (including phenoxy) is 2. The molecule has 1 amide bonds. The van der Waals surface area contributed by atoms with Gasteiger partial charge in [-0.15, -0.1) is 0 Å². The summed E-state index contributed by atoms with van der Waals surface area (Å²) in [6, 6.07) is 23.3. The van der Waals surface area contributed by atoms with Crippen LogP contribution in [0.1, 0.15) is 34.5 Å². The Morgan fingerprint density at radius 2 is 1.81 bits per heavy atom. The molecular formula is C30H33N3O3. The summed E-state index contributed by atoms with van der Waals surface area (Å²) >= 11 is 0. The van der Waals surface area contributed by atoms with Gasteiger partial charge in [0.05, 0.1) is 24.4 Å². The molecule has 0 aliphatic rings. The van der Waals surface area contributed by atoms with Gasteiger partial charge in [-0.25, -0.2) is 4.98 Å². The topological polar surface area (TPSA) is 63.7 Å². The summed E-state index contributed by atoms with van der Waals surface area (Å²) in [7, 11) is 5.66. The van der Waals surface area contributed by atoms with Gasteiger partial charge in [-0.1, -0.05) is 36.4 Å². The smallest absolute Gasteiger partial charge is 0.252 e. The number of hydrogen-bond acceptors (Lipinski definition) is 5. The molecule has 186 valence electrons. The summed E-state index contributed by atoms with van der Waals surface area (Å²) in [6.07, 6.45) is 0. The molecule has 0 saturated heterocycles. The minimum absolute atomic E-state index is 0.137. The number of aryl methyl sites for hydroxylation is 1. The second kappa shape index (κ2) is 11.2. The van der Waals surface area contributed by atoms with E-state index in [9.17, 15) is 4.79 Å². The first-order chi connectivity index (χ1) is 17.4. The predicted octanol–water partition coefficient (Wildman–Crippen LogP) is 5.65. The summed E-state index contributed by atoms with van der Waals surface area (Å²) in [5.41, 5.74) is 5.17. The molecule has 1 N–H and O–H groups in total. The number of pyridine rings is 1. The molecular weight excluding hydrogens is 450 g/mol. The number of likely N-dealkylation sites (N-methyl/N-ethyl adjacent to an activating group) is 1. The average molecular weight is 484 g/mol. The lowest BCUT2D eigenvalue weighted by Crippen LogP contribution is -2.27. The zero-order valence-corrected chi connectivity index (χ0v) is 21.5. The van der Waals surface area contributed by atoms with Crippen molar-refractivity contribution in [2.75, 3.05) is 34.4 Å². The number of carbonyl (C=O) groups is 1. The molecule has 1 heterocycles. The Bertz CT molecular complexity index is 1370. The highest BCUT2D eigenvalue weighted by molar-refractivity contribution is 5.97. The predicted molar refractivity (Wildman–Crippen MR) is 145 cm³/mol. The molecule has 4 aromatic rings. The van der Waals surface area contributed by atoms with E-state index in [0.717, 1.165) is 45.6 Å². The van der Waals surface area contributed by atoms with Crippen molar-refractivity contribution in [2.24, 2.45) is 0 Å². The Balaban J connectivity index is 1.63. The van der Waals surface area contributed by atoms with E-state index in [-0.39, 0.29) is 11.9 Å². The summed E-state index contributed by atoms with van der Waals surface area (Å²) < 4.78 is 11.3. The molecule has 0 unspecified atom stereocenters. The van der Waals surface area contributed by atoms with E-state index in [0.29, 0.717) is 17.9 Å². The van der Waals surface area contributed by atoms with Crippen molar-refractivity contribution in [2.45, 2.75) is 19.9 Å². The normalized spacial score (nSPS) is 11.9. The quantitative estimate of drug-likeness (QED) is 0.333. The molecule has 0 saturated carbocycles. The highest BCUT2D eigenvalue weighted by Crippen LogP contribution is 2.30. The molecule has 0 bridgehead atoms. The van der Waals surface area contributed by atoms with E-state index in [1.807, 2.05) is 94.7 Å². The van der Waals surface area contributed by atoms with E-state index < -0.39 is 0 Å². The van der Waals surface area contributed by atoms with E-state index in [1.54, 1.807) is 7.11 Å². The summed E-state index contributed by atoms with van der Waals surface area (Å²) in [5, 5.41) is 4.20. The number of amides is 1. The van der Waals surface area contributed by atoms with Crippen LogP contribution in [0.2, 0.25) is 0 Å². The maximum Gasteiger partial charge on any atom is 0.252 e. The Labute approximate surface area is 212 Å². The number of benzene rings is 3. The van der Waals surface area contributed by atoms with E-state index >= 15 is 0 Å². The molecule has 4 rings (SSSR count). The second-order valence-electron chi connectivity index (χ2n) is 9.17. The van der Waals surface area contributed by atoms with Gasteiger partial charge in [0.1, 0.15) is 18.1 Å². The first kappa shape index (κ1) is 25.2. The molecule has 0 spiro atoms. The Hall–Kier alpha value is -3.90. The molecule has 6 nitrogen and oxygen atoms in total. The first-order valence-corrected chi connectivity index (χ1v) is 12.1. The molecule has 3 aromatic carbocycles. The minimum atomic E-state index is -0.243. The lowest BCUT2D eigenvalue weighted by atomic mass is 9.99. The number of nitrogens with one attached hydrogen (secondary N) is 1. The first-order valence-electron chi connectivity index (χ1n) is 12.1. The van der Waals surface area contributed by atoms with Crippen LogP contribution >= 0.6 is 0 Å². The van der Waals surface area contributed by atoms with Crippen molar-refractivity contribution >= 4 is 16.8 Å². The monoisotopic (exact) mass is 483 g/mol. The zero-order valence-electron chi connectivity index (χ0n) is 21.5. The number of hydrogen-bond donors (Lipinski definition) is 1. The number of carbonyl (C=O) groups excluding carboxylic acids is 1. The van der Waals surface area contributed by atoms with Crippen molar-refractivity contribution in [3.63, 3.8) is 0 Å². The number of methoxy groups -OCH3 is 1. The molecule has 0 fully saturated rings. The standard InChI is InChI=1S/C30H33N3O3/c1-20-13-14-24(36-16-15-33(3)4)18-26(20)30(34)31-21(2)27-19-29(22-9-8-10-23(17-22)35-5)32-28-12-7-6-11-25(27)28/h6-14,17-19,21H,15-16H2,1-5H3,(H,31,34)/t21-/m1/s1. The third-order valence-corrected chi connectivity index (χ3v) is 6.19. The van der Waals surface area contributed by atoms with Gasteiger partial charge in [-0.3, -0.25) is 4.79 Å².